The maximum Gasteiger partial charge on any atom is 0.0991 e. The largest absolute Gasteiger partial charge is 0.310 e. The first kappa shape index (κ1) is 22.1. The van der Waals surface area contributed by atoms with Gasteiger partial charge in [-0.15, -0.1) is 0 Å². The zero-order valence-electron chi connectivity index (χ0n) is 21.1. The van der Waals surface area contributed by atoms with Gasteiger partial charge in [0.2, 0.25) is 0 Å². The fraction of sp³-hybridized carbons (Fsp3) is 0.147. The average molecular weight is 465 g/mol. The summed E-state index contributed by atoms with van der Waals surface area (Å²) in [6.45, 7) is 8.95. The molecule has 0 N–H and O–H groups in total. The monoisotopic (exact) mass is 464 g/mol. The predicted octanol–water partition coefficient (Wildman–Crippen LogP) is 9.10. The lowest BCUT2D eigenvalue weighted by Crippen LogP contribution is -2.17. The van der Waals surface area contributed by atoms with Crippen LogP contribution < -0.4 is 4.90 Å². The van der Waals surface area contributed by atoms with Gasteiger partial charge in [0.15, 0.2) is 0 Å². The molecule has 36 heavy (non-hydrogen) atoms. The van der Waals surface area contributed by atoms with Crippen molar-refractivity contribution in [1.29, 1.82) is 5.26 Å². The van der Waals surface area contributed by atoms with Crippen molar-refractivity contribution in [3.8, 4) is 17.2 Å². The van der Waals surface area contributed by atoms with Crippen LogP contribution in [0, 0.1) is 25.2 Å². The van der Waals surface area contributed by atoms with Gasteiger partial charge in [-0.25, -0.2) is 0 Å². The van der Waals surface area contributed by atoms with Gasteiger partial charge in [0.1, 0.15) is 0 Å². The highest BCUT2D eigenvalue weighted by Gasteiger charge is 2.37. The van der Waals surface area contributed by atoms with Gasteiger partial charge in [0, 0.05) is 22.2 Å². The molecule has 2 heteroatoms. The van der Waals surface area contributed by atoms with Gasteiger partial charge < -0.3 is 4.90 Å². The highest BCUT2D eigenvalue weighted by molar-refractivity contribution is 6.10. The van der Waals surface area contributed by atoms with Crippen molar-refractivity contribution in [2.75, 3.05) is 4.90 Å². The van der Waals surface area contributed by atoms with E-state index < -0.39 is 0 Å². The van der Waals surface area contributed by atoms with E-state index in [0.717, 1.165) is 22.6 Å². The Morgan fingerprint density at radius 3 is 2.14 bits per heavy atom. The van der Waals surface area contributed by atoms with Crippen molar-refractivity contribution in [2.45, 2.75) is 33.1 Å². The second kappa shape index (κ2) is 8.11. The molecule has 174 valence electrons. The van der Waals surface area contributed by atoms with Crippen molar-refractivity contribution < 1.29 is 0 Å². The Kier molecular flexibility index (Phi) is 4.99. The van der Waals surface area contributed by atoms with E-state index in [1.54, 1.807) is 0 Å². The van der Waals surface area contributed by atoms with E-state index in [1.165, 1.54) is 38.6 Å². The molecule has 0 aromatic heterocycles. The lowest BCUT2D eigenvalue weighted by Gasteiger charge is -2.30. The van der Waals surface area contributed by atoms with Crippen LogP contribution in [0.25, 0.3) is 21.9 Å². The molecule has 5 aromatic rings. The Hall–Kier alpha value is -4.35. The highest BCUT2D eigenvalue weighted by Crippen LogP contribution is 2.54. The summed E-state index contributed by atoms with van der Waals surface area (Å²) in [5.74, 6) is 0. The molecule has 5 aromatic carbocycles. The number of fused-ring (bicyclic) bond motifs is 5. The number of aryl methyl sites for hydroxylation is 2. The molecule has 0 fully saturated rings. The summed E-state index contributed by atoms with van der Waals surface area (Å²) in [4.78, 5) is 2.35. The van der Waals surface area contributed by atoms with Crippen molar-refractivity contribution in [2.24, 2.45) is 0 Å². The SMILES string of the molecule is Cc1ccc2c(c1)C(C)(C)c1cc(N(c3ccccc3)c3ccc(C#N)cc3C)c3ccccc3c1-2. The Labute approximate surface area is 213 Å². The first-order valence-electron chi connectivity index (χ1n) is 12.4. The molecule has 0 bridgehead atoms. The van der Waals surface area contributed by atoms with E-state index in [-0.39, 0.29) is 5.41 Å². The fourth-order valence-corrected chi connectivity index (χ4v) is 5.82. The molecule has 1 aliphatic rings. The van der Waals surface area contributed by atoms with E-state index in [2.05, 4.69) is 124 Å². The lowest BCUT2D eigenvalue weighted by molar-refractivity contribution is 0.660. The molecule has 0 spiro atoms. The number of hydrogen-bond donors (Lipinski definition) is 0. The van der Waals surface area contributed by atoms with E-state index in [1.807, 2.05) is 12.1 Å². The van der Waals surface area contributed by atoms with Gasteiger partial charge in [-0.3, -0.25) is 0 Å². The fourth-order valence-electron chi connectivity index (χ4n) is 5.82. The maximum atomic E-state index is 9.47. The van der Waals surface area contributed by atoms with E-state index >= 15 is 0 Å². The van der Waals surface area contributed by atoms with Crippen molar-refractivity contribution in [3.63, 3.8) is 0 Å². The smallest absolute Gasteiger partial charge is 0.0991 e. The topological polar surface area (TPSA) is 27.0 Å². The molecule has 1 aliphatic carbocycles. The Morgan fingerprint density at radius 1 is 0.694 bits per heavy atom. The summed E-state index contributed by atoms with van der Waals surface area (Å²) < 4.78 is 0. The van der Waals surface area contributed by atoms with Crippen LogP contribution in [0.2, 0.25) is 0 Å². The van der Waals surface area contributed by atoms with Crippen molar-refractivity contribution in [1.82, 2.24) is 0 Å². The van der Waals surface area contributed by atoms with Crippen molar-refractivity contribution >= 4 is 27.8 Å². The number of anilines is 3. The quantitative estimate of drug-likeness (QED) is 0.266. The molecule has 0 saturated carbocycles. The normalized spacial score (nSPS) is 13.2. The average Bonchev–Trinajstić information content (AvgIpc) is 3.12. The van der Waals surface area contributed by atoms with Gasteiger partial charge in [-0.2, -0.15) is 5.26 Å². The van der Waals surface area contributed by atoms with Gasteiger partial charge in [0.25, 0.3) is 0 Å². The van der Waals surface area contributed by atoms with Crippen LogP contribution in [0.1, 0.15) is 41.7 Å². The van der Waals surface area contributed by atoms with Crippen LogP contribution in [0.4, 0.5) is 17.1 Å². The van der Waals surface area contributed by atoms with Crippen LogP contribution in [-0.2, 0) is 5.41 Å². The van der Waals surface area contributed by atoms with Crippen LogP contribution in [-0.4, -0.2) is 0 Å². The first-order chi connectivity index (χ1) is 17.4. The third kappa shape index (κ3) is 3.24. The molecule has 0 heterocycles. The standard InChI is InChI=1S/C34H28N2/c1-22-14-16-28-29(18-22)34(3,4)30-20-32(26-12-8-9-13-27(26)33(28)30)36(25-10-6-5-7-11-25)31-17-15-24(21-35)19-23(31)2/h5-20H,1-4H3. The molecule has 0 radical (unpaired) electrons. The Balaban J connectivity index is 1.71. The molecule has 2 nitrogen and oxygen atoms in total. The molecular formula is C34H28N2. The van der Waals surface area contributed by atoms with Crippen LogP contribution >= 0.6 is 0 Å². The van der Waals surface area contributed by atoms with Crippen LogP contribution in [0.15, 0.2) is 97.1 Å². The molecule has 0 atom stereocenters. The number of nitriles is 1. The minimum atomic E-state index is -0.114. The molecule has 0 aliphatic heterocycles. The second-order valence-electron chi connectivity index (χ2n) is 10.3. The minimum absolute atomic E-state index is 0.114. The van der Waals surface area contributed by atoms with E-state index in [0.29, 0.717) is 5.56 Å². The van der Waals surface area contributed by atoms with Gasteiger partial charge >= 0.3 is 0 Å². The molecule has 0 saturated heterocycles. The summed E-state index contributed by atoms with van der Waals surface area (Å²) in [7, 11) is 0. The van der Waals surface area contributed by atoms with Gasteiger partial charge in [-0.1, -0.05) is 80.1 Å². The number of para-hydroxylation sites is 1. The number of rotatable bonds is 3. The molecule has 6 rings (SSSR count). The van der Waals surface area contributed by atoms with E-state index in [4.69, 9.17) is 0 Å². The number of benzene rings is 5. The highest BCUT2D eigenvalue weighted by atomic mass is 15.1. The molecule has 0 amide bonds. The summed E-state index contributed by atoms with van der Waals surface area (Å²) in [5.41, 5.74) is 11.7. The van der Waals surface area contributed by atoms with Crippen LogP contribution in [0.3, 0.4) is 0 Å². The summed E-state index contributed by atoms with van der Waals surface area (Å²) in [6.07, 6.45) is 0. The Morgan fingerprint density at radius 2 is 1.42 bits per heavy atom. The molecule has 0 unspecified atom stereocenters. The summed E-state index contributed by atoms with van der Waals surface area (Å²) >= 11 is 0. The van der Waals surface area contributed by atoms with Gasteiger partial charge in [0.05, 0.1) is 17.3 Å². The Bertz CT molecular complexity index is 1690. The zero-order valence-corrected chi connectivity index (χ0v) is 21.1. The third-order valence-electron chi connectivity index (χ3n) is 7.64. The third-order valence-corrected chi connectivity index (χ3v) is 7.64. The zero-order chi connectivity index (χ0) is 25.0. The summed E-state index contributed by atoms with van der Waals surface area (Å²) in [6, 6.07) is 36.8. The van der Waals surface area contributed by atoms with Crippen LogP contribution in [0.5, 0.6) is 0 Å². The lowest BCUT2D eigenvalue weighted by atomic mass is 9.81. The summed E-state index contributed by atoms with van der Waals surface area (Å²) in [5, 5.41) is 12.0. The van der Waals surface area contributed by atoms with E-state index in [9.17, 15) is 5.26 Å². The molecular weight excluding hydrogens is 436 g/mol. The second-order valence-corrected chi connectivity index (χ2v) is 10.3. The minimum Gasteiger partial charge on any atom is -0.310 e. The van der Waals surface area contributed by atoms with Crippen molar-refractivity contribution in [3.05, 3.63) is 125 Å². The predicted molar refractivity (Wildman–Crippen MR) is 150 cm³/mol. The first-order valence-corrected chi connectivity index (χ1v) is 12.4. The maximum absolute atomic E-state index is 9.47. The number of nitrogens with zero attached hydrogens (tertiary/aromatic N) is 2. The van der Waals surface area contributed by atoms with Gasteiger partial charge in [-0.05, 0) is 83.4 Å². The number of hydrogen-bond acceptors (Lipinski definition) is 2.